The molecule has 0 amide bonds. The van der Waals surface area contributed by atoms with Gasteiger partial charge in [0.25, 0.3) is 6.43 Å². The Morgan fingerprint density at radius 3 is 2.30 bits per heavy atom. The number of aromatic nitrogens is 2. The molecule has 0 bridgehead atoms. The summed E-state index contributed by atoms with van der Waals surface area (Å²) in [7, 11) is 0. The standard InChI is InChI=1S/C13H22F2N4O/c1-4-5-16-10-6-11(17-7-9(20)12(14)15)19-13(18-10)8(2)3/h6,8-9,12,20H,4-5,7H2,1-3H3,(H2,16,17,18,19). The molecule has 0 aromatic carbocycles. The lowest BCUT2D eigenvalue weighted by Crippen LogP contribution is -2.27. The van der Waals surface area contributed by atoms with Crippen molar-refractivity contribution in [2.24, 2.45) is 0 Å². The largest absolute Gasteiger partial charge is 0.385 e. The first-order chi connectivity index (χ1) is 9.43. The van der Waals surface area contributed by atoms with Gasteiger partial charge in [-0.25, -0.2) is 18.7 Å². The second-order valence-electron chi connectivity index (χ2n) is 4.86. The fraction of sp³-hybridized carbons (Fsp3) is 0.692. The second kappa shape index (κ2) is 7.94. The lowest BCUT2D eigenvalue weighted by atomic mass is 10.2. The summed E-state index contributed by atoms with van der Waals surface area (Å²) >= 11 is 0. The number of hydrogen-bond donors (Lipinski definition) is 3. The highest BCUT2D eigenvalue weighted by molar-refractivity contribution is 5.48. The molecule has 1 aromatic rings. The Kier molecular flexibility index (Phi) is 6.57. The van der Waals surface area contributed by atoms with Crippen LogP contribution in [0.25, 0.3) is 0 Å². The van der Waals surface area contributed by atoms with Gasteiger partial charge in [-0.1, -0.05) is 20.8 Å². The van der Waals surface area contributed by atoms with E-state index in [0.29, 0.717) is 17.5 Å². The monoisotopic (exact) mass is 288 g/mol. The fourth-order valence-electron chi connectivity index (χ4n) is 1.46. The van der Waals surface area contributed by atoms with Crippen LogP contribution < -0.4 is 10.6 Å². The molecule has 0 aliphatic heterocycles. The number of alkyl halides is 2. The molecule has 1 unspecified atom stereocenters. The van der Waals surface area contributed by atoms with Crippen molar-refractivity contribution in [1.82, 2.24) is 9.97 Å². The summed E-state index contributed by atoms with van der Waals surface area (Å²) in [5.41, 5.74) is 0. The molecule has 114 valence electrons. The lowest BCUT2D eigenvalue weighted by molar-refractivity contribution is 0.00380. The normalized spacial score (nSPS) is 12.8. The molecule has 7 heteroatoms. The van der Waals surface area contributed by atoms with Gasteiger partial charge in [-0.15, -0.1) is 0 Å². The summed E-state index contributed by atoms with van der Waals surface area (Å²) in [5.74, 6) is 1.83. The van der Waals surface area contributed by atoms with Crippen LogP contribution in [0.15, 0.2) is 6.07 Å². The number of aliphatic hydroxyl groups is 1. The van der Waals surface area contributed by atoms with Gasteiger partial charge in [0, 0.05) is 25.1 Å². The first kappa shape index (κ1) is 16.6. The first-order valence-corrected chi connectivity index (χ1v) is 6.77. The van der Waals surface area contributed by atoms with Gasteiger partial charge >= 0.3 is 0 Å². The highest BCUT2D eigenvalue weighted by atomic mass is 19.3. The van der Waals surface area contributed by atoms with Crippen LogP contribution in [-0.2, 0) is 0 Å². The van der Waals surface area contributed by atoms with Crippen molar-refractivity contribution in [2.45, 2.75) is 45.6 Å². The molecule has 1 heterocycles. The maximum absolute atomic E-state index is 12.2. The minimum Gasteiger partial charge on any atom is -0.385 e. The molecular formula is C13H22F2N4O. The highest BCUT2D eigenvalue weighted by Gasteiger charge is 2.17. The molecule has 0 fully saturated rings. The molecule has 5 nitrogen and oxygen atoms in total. The number of nitrogens with zero attached hydrogens (tertiary/aromatic N) is 2. The average molecular weight is 288 g/mol. The van der Waals surface area contributed by atoms with E-state index < -0.39 is 12.5 Å². The van der Waals surface area contributed by atoms with Crippen LogP contribution in [0.1, 0.15) is 38.9 Å². The first-order valence-electron chi connectivity index (χ1n) is 6.77. The summed E-state index contributed by atoms with van der Waals surface area (Å²) in [6, 6.07) is 1.65. The van der Waals surface area contributed by atoms with E-state index in [1.807, 2.05) is 20.8 Å². The zero-order valence-electron chi connectivity index (χ0n) is 12.0. The van der Waals surface area contributed by atoms with E-state index in [1.165, 1.54) is 0 Å². The Labute approximate surface area is 117 Å². The molecule has 1 aromatic heterocycles. The number of halogens is 2. The van der Waals surface area contributed by atoms with Crippen LogP contribution in [0.5, 0.6) is 0 Å². The quantitative estimate of drug-likeness (QED) is 0.685. The van der Waals surface area contributed by atoms with Gasteiger partial charge in [0.15, 0.2) is 0 Å². The summed E-state index contributed by atoms with van der Waals surface area (Å²) in [6.07, 6.45) is -3.53. The topological polar surface area (TPSA) is 70.1 Å². The molecular weight excluding hydrogens is 266 g/mol. The van der Waals surface area contributed by atoms with Gasteiger partial charge in [-0.2, -0.15) is 0 Å². The second-order valence-corrected chi connectivity index (χ2v) is 4.86. The van der Waals surface area contributed by atoms with Crippen LogP contribution in [0.3, 0.4) is 0 Å². The third-order valence-electron chi connectivity index (χ3n) is 2.60. The summed E-state index contributed by atoms with van der Waals surface area (Å²) < 4.78 is 24.5. The summed E-state index contributed by atoms with van der Waals surface area (Å²) in [5, 5.41) is 15.0. The smallest absolute Gasteiger partial charge is 0.265 e. The molecule has 20 heavy (non-hydrogen) atoms. The number of anilines is 2. The van der Waals surface area contributed by atoms with Crippen molar-refractivity contribution in [3.05, 3.63) is 11.9 Å². The van der Waals surface area contributed by atoms with Gasteiger partial charge in [0.05, 0.1) is 0 Å². The van der Waals surface area contributed by atoms with E-state index in [-0.39, 0.29) is 12.5 Å². The Bertz CT molecular complexity index is 415. The zero-order valence-corrected chi connectivity index (χ0v) is 12.0. The van der Waals surface area contributed by atoms with E-state index in [0.717, 1.165) is 13.0 Å². The zero-order chi connectivity index (χ0) is 15.1. The van der Waals surface area contributed by atoms with Gasteiger partial charge in [0.2, 0.25) is 0 Å². The molecule has 0 aliphatic carbocycles. The average Bonchev–Trinajstić information content (AvgIpc) is 2.42. The van der Waals surface area contributed by atoms with Gasteiger partial charge in [-0.05, 0) is 6.42 Å². The third-order valence-corrected chi connectivity index (χ3v) is 2.60. The SMILES string of the molecule is CCCNc1cc(NCC(O)C(F)F)nc(C(C)C)n1. The van der Waals surface area contributed by atoms with Crippen LogP contribution in [-0.4, -0.2) is 40.7 Å². The van der Waals surface area contributed by atoms with Gasteiger partial charge in [0.1, 0.15) is 23.6 Å². The molecule has 3 N–H and O–H groups in total. The third kappa shape index (κ3) is 5.24. The fourth-order valence-corrected chi connectivity index (χ4v) is 1.46. The minimum atomic E-state index is -2.77. The maximum Gasteiger partial charge on any atom is 0.265 e. The van der Waals surface area contributed by atoms with Gasteiger partial charge < -0.3 is 15.7 Å². The number of nitrogens with one attached hydrogen (secondary N) is 2. The maximum atomic E-state index is 12.2. The molecule has 0 saturated heterocycles. The van der Waals surface area contributed by atoms with Crippen molar-refractivity contribution >= 4 is 11.6 Å². The Morgan fingerprint density at radius 2 is 1.80 bits per heavy atom. The predicted octanol–water partition coefficient (Wildman–Crippen LogP) is 2.46. The van der Waals surface area contributed by atoms with Crippen LogP contribution in [0.2, 0.25) is 0 Å². The molecule has 0 aliphatic rings. The van der Waals surface area contributed by atoms with E-state index in [9.17, 15) is 8.78 Å². The van der Waals surface area contributed by atoms with Crippen molar-refractivity contribution in [2.75, 3.05) is 23.7 Å². The van der Waals surface area contributed by atoms with E-state index in [2.05, 4.69) is 20.6 Å². The van der Waals surface area contributed by atoms with Gasteiger partial charge in [-0.3, -0.25) is 0 Å². The number of hydrogen-bond acceptors (Lipinski definition) is 5. The van der Waals surface area contributed by atoms with Crippen LogP contribution >= 0.6 is 0 Å². The van der Waals surface area contributed by atoms with Crippen LogP contribution in [0, 0.1) is 0 Å². The van der Waals surface area contributed by atoms with E-state index >= 15 is 0 Å². The van der Waals surface area contributed by atoms with E-state index in [1.54, 1.807) is 6.07 Å². The summed E-state index contributed by atoms with van der Waals surface area (Å²) in [4.78, 5) is 8.61. The minimum absolute atomic E-state index is 0.124. The van der Waals surface area contributed by atoms with Crippen molar-refractivity contribution in [3.8, 4) is 0 Å². The predicted molar refractivity (Wildman–Crippen MR) is 75.4 cm³/mol. The van der Waals surface area contributed by atoms with Crippen molar-refractivity contribution in [3.63, 3.8) is 0 Å². The number of rotatable bonds is 8. The molecule has 0 saturated carbocycles. The summed E-state index contributed by atoms with van der Waals surface area (Å²) in [6.45, 7) is 6.47. The number of aliphatic hydroxyl groups excluding tert-OH is 1. The Hall–Kier alpha value is -1.50. The highest BCUT2D eigenvalue weighted by Crippen LogP contribution is 2.17. The van der Waals surface area contributed by atoms with Crippen LogP contribution in [0.4, 0.5) is 20.4 Å². The Balaban J connectivity index is 2.80. The van der Waals surface area contributed by atoms with Crippen molar-refractivity contribution in [1.29, 1.82) is 0 Å². The lowest BCUT2D eigenvalue weighted by Gasteiger charge is -2.14. The molecule has 1 atom stereocenters. The molecule has 1 rings (SSSR count). The Morgan fingerprint density at radius 1 is 1.20 bits per heavy atom. The van der Waals surface area contributed by atoms with Crippen molar-refractivity contribution < 1.29 is 13.9 Å². The molecule has 0 radical (unpaired) electrons. The van der Waals surface area contributed by atoms with E-state index in [4.69, 9.17) is 5.11 Å². The molecule has 0 spiro atoms.